The van der Waals surface area contributed by atoms with Crippen LogP contribution >= 0.6 is 0 Å². The van der Waals surface area contributed by atoms with E-state index in [1.54, 1.807) is 0 Å². The molecule has 0 unspecified atom stereocenters. The van der Waals surface area contributed by atoms with Crippen LogP contribution in [0.5, 0.6) is 0 Å². The molecule has 5 aromatic rings. The molecule has 6 rings (SSSR count). The van der Waals surface area contributed by atoms with Gasteiger partial charge in [-0.2, -0.15) is 0 Å². The molecule has 0 saturated heterocycles. The lowest BCUT2D eigenvalue weighted by atomic mass is 10.1. The first-order valence-corrected chi connectivity index (χ1v) is 10.5. The fourth-order valence-corrected chi connectivity index (χ4v) is 5.03. The number of benzene rings is 3. The zero-order valence-electron chi connectivity index (χ0n) is 18.0. The highest BCUT2D eigenvalue weighted by Crippen LogP contribution is 2.48. The van der Waals surface area contributed by atoms with E-state index in [0.717, 1.165) is 16.8 Å². The Morgan fingerprint density at radius 1 is 0.833 bits per heavy atom. The third-order valence-electron chi connectivity index (χ3n) is 6.72. The van der Waals surface area contributed by atoms with Gasteiger partial charge in [-0.1, -0.05) is 24.3 Å². The molecule has 0 spiro atoms. The summed E-state index contributed by atoms with van der Waals surface area (Å²) in [5, 5.41) is 0. The maximum absolute atomic E-state index is 5.13. The van der Waals surface area contributed by atoms with Crippen molar-refractivity contribution in [2.45, 2.75) is 26.9 Å². The minimum Gasteiger partial charge on any atom is -0.351 e. The Morgan fingerprint density at radius 2 is 1.60 bits per heavy atom. The molecule has 1 aliphatic heterocycles. The minimum atomic E-state index is 0.215. The molecule has 0 amide bonds. The van der Waals surface area contributed by atoms with E-state index in [2.05, 4.69) is 108 Å². The van der Waals surface area contributed by atoms with Crippen LogP contribution < -0.4 is 9.80 Å². The summed E-state index contributed by atoms with van der Waals surface area (Å²) >= 11 is 0. The van der Waals surface area contributed by atoms with Crippen LogP contribution in [0.25, 0.3) is 27.8 Å². The third-order valence-corrected chi connectivity index (χ3v) is 6.72. The molecule has 30 heavy (non-hydrogen) atoms. The summed E-state index contributed by atoms with van der Waals surface area (Å²) in [7, 11) is 4.27. The van der Waals surface area contributed by atoms with Gasteiger partial charge in [0.1, 0.15) is 11.7 Å². The summed E-state index contributed by atoms with van der Waals surface area (Å²) in [4.78, 5) is 9.93. The highest BCUT2D eigenvalue weighted by atomic mass is 15.4. The zero-order chi connectivity index (χ0) is 20.7. The Labute approximate surface area is 175 Å². The molecule has 5 nitrogen and oxygen atoms in total. The summed E-state index contributed by atoms with van der Waals surface area (Å²) in [6.07, 6.45) is 0.215. The molecule has 1 atom stereocenters. The fraction of sp³-hybridized carbons (Fsp3) is 0.240. The van der Waals surface area contributed by atoms with Gasteiger partial charge in [-0.25, -0.2) is 4.98 Å². The molecule has 1 aliphatic rings. The van der Waals surface area contributed by atoms with Crippen LogP contribution in [-0.2, 0) is 7.05 Å². The molecule has 0 saturated carbocycles. The van der Waals surface area contributed by atoms with Gasteiger partial charge in [0.25, 0.3) is 0 Å². The van der Waals surface area contributed by atoms with Crippen molar-refractivity contribution in [1.82, 2.24) is 14.0 Å². The minimum absolute atomic E-state index is 0.215. The van der Waals surface area contributed by atoms with Gasteiger partial charge < -0.3 is 14.4 Å². The van der Waals surface area contributed by atoms with E-state index in [9.17, 15) is 0 Å². The van der Waals surface area contributed by atoms with Crippen molar-refractivity contribution in [2.75, 3.05) is 16.8 Å². The number of rotatable bonds is 1. The Balaban J connectivity index is 1.67. The summed E-state index contributed by atoms with van der Waals surface area (Å²) in [5.74, 6) is 0.978. The van der Waals surface area contributed by atoms with Crippen LogP contribution in [0, 0.1) is 13.8 Å². The second-order valence-electron chi connectivity index (χ2n) is 8.50. The predicted molar refractivity (Wildman–Crippen MR) is 125 cm³/mol. The Kier molecular flexibility index (Phi) is 3.35. The lowest BCUT2D eigenvalue weighted by Crippen LogP contribution is -2.36. The first kappa shape index (κ1) is 17.4. The van der Waals surface area contributed by atoms with Gasteiger partial charge in [0, 0.05) is 19.8 Å². The topological polar surface area (TPSA) is 28.7 Å². The first-order valence-electron chi connectivity index (χ1n) is 10.5. The molecule has 0 fully saturated rings. The highest BCUT2D eigenvalue weighted by Gasteiger charge is 2.35. The normalized spacial score (nSPS) is 16.4. The maximum atomic E-state index is 5.13. The highest BCUT2D eigenvalue weighted by molar-refractivity contribution is 6.04. The quantitative estimate of drug-likeness (QED) is 0.374. The van der Waals surface area contributed by atoms with Crippen molar-refractivity contribution in [3.8, 4) is 0 Å². The number of nitrogens with zero attached hydrogens (tertiary/aromatic N) is 5. The lowest BCUT2D eigenvalue weighted by molar-refractivity contribution is 0.733. The average Bonchev–Trinajstić information content (AvgIpc) is 3.34. The smallest absolute Gasteiger partial charge is 0.215 e. The van der Waals surface area contributed by atoms with Crippen LogP contribution in [0.2, 0.25) is 0 Å². The van der Waals surface area contributed by atoms with E-state index in [-0.39, 0.29) is 6.17 Å². The fourth-order valence-electron chi connectivity index (χ4n) is 5.03. The van der Waals surface area contributed by atoms with Gasteiger partial charge in [-0.05, 0) is 62.2 Å². The number of para-hydroxylation sites is 2. The van der Waals surface area contributed by atoms with Gasteiger partial charge in [0.15, 0.2) is 0 Å². The van der Waals surface area contributed by atoms with E-state index < -0.39 is 0 Å². The zero-order valence-corrected chi connectivity index (χ0v) is 18.0. The number of aromatic nitrogens is 3. The van der Waals surface area contributed by atoms with Crippen molar-refractivity contribution < 1.29 is 0 Å². The molecule has 0 bridgehead atoms. The SMILES string of the molecule is Cc1ccc(C)c(N2c3ccc4c(nc5n(C)c6ccccc6n45)c3N(C)[C@@H]2C)c1. The number of anilines is 3. The van der Waals surface area contributed by atoms with Crippen molar-refractivity contribution in [3.05, 3.63) is 65.7 Å². The molecule has 150 valence electrons. The Morgan fingerprint density at radius 3 is 2.40 bits per heavy atom. The van der Waals surface area contributed by atoms with Gasteiger partial charge in [0.2, 0.25) is 5.78 Å². The van der Waals surface area contributed by atoms with Crippen molar-refractivity contribution in [1.29, 1.82) is 0 Å². The van der Waals surface area contributed by atoms with E-state index in [1.807, 2.05) is 0 Å². The molecule has 0 aliphatic carbocycles. The summed E-state index contributed by atoms with van der Waals surface area (Å²) in [6, 6.07) is 19.7. The average molecular weight is 396 g/mol. The lowest BCUT2D eigenvalue weighted by Gasteiger charge is -2.29. The molecule has 2 aromatic heterocycles. The number of aryl methyl sites for hydroxylation is 3. The van der Waals surface area contributed by atoms with Gasteiger partial charge >= 0.3 is 0 Å². The van der Waals surface area contributed by atoms with E-state index in [0.29, 0.717) is 0 Å². The largest absolute Gasteiger partial charge is 0.351 e. The monoisotopic (exact) mass is 395 g/mol. The Bertz CT molecular complexity index is 1470. The van der Waals surface area contributed by atoms with Crippen LogP contribution in [0.4, 0.5) is 17.1 Å². The number of hydrogen-bond acceptors (Lipinski definition) is 3. The van der Waals surface area contributed by atoms with E-state index >= 15 is 0 Å². The molecule has 5 heteroatoms. The van der Waals surface area contributed by atoms with Crippen LogP contribution in [-0.4, -0.2) is 27.2 Å². The van der Waals surface area contributed by atoms with E-state index in [1.165, 1.54) is 39.2 Å². The van der Waals surface area contributed by atoms with Crippen molar-refractivity contribution >= 4 is 44.9 Å². The molecular weight excluding hydrogens is 370 g/mol. The molecule has 0 radical (unpaired) electrons. The van der Waals surface area contributed by atoms with Crippen LogP contribution in [0.1, 0.15) is 18.1 Å². The van der Waals surface area contributed by atoms with E-state index in [4.69, 9.17) is 4.98 Å². The van der Waals surface area contributed by atoms with Crippen LogP contribution in [0.3, 0.4) is 0 Å². The Hall–Kier alpha value is -3.47. The maximum Gasteiger partial charge on any atom is 0.215 e. The summed E-state index contributed by atoms with van der Waals surface area (Å²) in [5.41, 5.74) is 10.9. The number of imidazole rings is 2. The van der Waals surface area contributed by atoms with Crippen molar-refractivity contribution in [2.24, 2.45) is 7.05 Å². The standard InChI is InChI=1S/C25H25N5/c1-15-10-11-16(2)22(14-15)29-17(3)27(4)24-21(29)13-12-20-23(24)26-25-28(5)18-8-6-7-9-19(18)30(20)25/h6-14,17H,1-5H3/t17-/m0/s1. The van der Waals surface area contributed by atoms with Gasteiger partial charge in [0.05, 0.1) is 27.9 Å². The number of hydrogen-bond donors (Lipinski definition) is 0. The van der Waals surface area contributed by atoms with Gasteiger partial charge in [-0.15, -0.1) is 0 Å². The molecular formula is C25H25N5. The number of fused-ring (bicyclic) bond motifs is 7. The predicted octanol–water partition coefficient (Wildman–Crippen LogP) is 5.53. The molecule has 0 N–H and O–H groups in total. The molecule has 3 aromatic carbocycles. The summed E-state index contributed by atoms with van der Waals surface area (Å²) < 4.78 is 4.46. The second-order valence-corrected chi connectivity index (χ2v) is 8.50. The van der Waals surface area contributed by atoms with Crippen molar-refractivity contribution in [3.63, 3.8) is 0 Å². The molecule has 3 heterocycles. The summed E-state index contributed by atoms with van der Waals surface area (Å²) in [6.45, 7) is 6.61. The van der Waals surface area contributed by atoms with Gasteiger partial charge in [-0.3, -0.25) is 4.40 Å². The van der Waals surface area contributed by atoms with Crippen LogP contribution in [0.15, 0.2) is 54.6 Å². The third kappa shape index (κ3) is 2.04. The second kappa shape index (κ2) is 5.79. The first-order chi connectivity index (χ1) is 14.5.